The maximum absolute atomic E-state index is 11.9. The molecule has 1 atom stereocenters. The van der Waals surface area contributed by atoms with Crippen molar-refractivity contribution in [2.75, 3.05) is 13.1 Å². The van der Waals surface area contributed by atoms with Crippen molar-refractivity contribution in [2.24, 2.45) is 0 Å². The van der Waals surface area contributed by atoms with E-state index in [1.807, 2.05) is 25.1 Å². The fourth-order valence-electron chi connectivity index (χ4n) is 2.26. The van der Waals surface area contributed by atoms with Gasteiger partial charge in [0.25, 0.3) is 0 Å². The molecule has 0 aliphatic carbocycles. The molecule has 1 fully saturated rings. The van der Waals surface area contributed by atoms with Gasteiger partial charge in [-0.15, -0.1) is 0 Å². The van der Waals surface area contributed by atoms with Crippen LogP contribution in [0.3, 0.4) is 0 Å². The van der Waals surface area contributed by atoms with E-state index in [0.717, 1.165) is 31.5 Å². The van der Waals surface area contributed by atoms with Crippen molar-refractivity contribution in [2.45, 2.75) is 32.2 Å². The fourth-order valence-corrected chi connectivity index (χ4v) is 2.26. The highest BCUT2D eigenvalue weighted by molar-refractivity contribution is 5.78. The van der Waals surface area contributed by atoms with Crippen LogP contribution in [0, 0.1) is 6.92 Å². The number of piperidine rings is 1. The molecule has 1 aromatic rings. The topological polar surface area (TPSA) is 41.1 Å². The molecule has 1 aromatic carbocycles. The first-order chi connectivity index (χ1) is 8.24. The van der Waals surface area contributed by atoms with Gasteiger partial charge >= 0.3 is 0 Å². The first kappa shape index (κ1) is 12.1. The van der Waals surface area contributed by atoms with Crippen LogP contribution in [0.1, 0.15) is 24.0 Å². The van der Waals surface area contributed by atoms with Gasteiger partial charge in [0.05, 0.1) is 6.42 Å². The van der Waals surface area contributed by atoms with Gasteiger partial charge in [0.15, 0.2) is 0 Å². The number of carbonyl (C=O) groups excluding carboxylic acids is 1. The number of hydrogen-bond donors (Lipinski definition) is 2. The number of benzene rings is 1. The minimum Gasteiger partial charge on any atom is -0.352 e. The Morgan fingerprint density at radius 1 is 1.53 bits per heavy atom. The van der Waals surface area contributed by atoms with E-state index in [0.29, 0.717) is 12.5 Å². The van der Waals surface area contributed by atoms with Crippen molar-refractivity contribution in [3.8, 4) is 0 Å². The summed E-state index contributed by atoms with van der Waals surface area (Å²) in [5, 5.41) is 6.38. The molecule has 17 heavy (non-hydrogen) atoms. The number of rotatable bonds is 3. The molecule has 3 nitrogen and oxygen atoms in total. The highest BCUT2D eigenvalue weighted by Crippen LogP contribution is 2.06. The van der Waals surface area contributed by atoms with E-state index >= 15 is 0 Å². The average molecular weight is 232 g/mol. The highest BCUT2D eigenvalue weighted by Gasteiger charge is 2.15. The van der Waals surface area contributed by atoms with E-state index in [-0.39, 0.29) is 5.91 Å². The molecule has 1 saturated heterocycles. The minimum atomic E-state index is 0.129. The molecule has 0 spiro atoms. The summed E-state index contributed by atoms with van der Waals surface area (Å²) in [6.07, 6.45) is 2.72. The predicted molar refractivity (Wildman–Crippen MR) is 68.9 cm³/mol. The molecule has 2 N–H and O–H groups in total. The van der Waals surface area contributed by atoms with E-state index in [4.69, 9.17) is 0 Å². The predicted octanol–water partition coefficient (Wildman–Crippen LogP) is 1.41. The summed E-state index contributed by atoms with van der Waals surface area (Å²) in [5.74, 6) is 0.129. The Kier molecular flexibility index (Phi) is 4.15. The number of aryl methyl sites for hydroxylation is 1. The molecule has 1 amide bonds. The number of carbonyl (C=O) groups is 1. The standard InChI is InChI=1S/C14H20N2O/c1-11-4-2-5-12(8-11)9-14(17)16-13-6-3-7-15-10-13/h2,4-5,8,13,15H,3,6-7,9-10H2,1H3,(H,16,17). The lowest BCUT2D eigenvalue weighted by molar-refractivity contribution is -0.121. The molecule has 1 unspecified atom stereocenters. The van der Waals surface area contributed by atoms with Crippen molar-refractivity contribution in [1.29, 1.82) is 0 Å². The van der Waals surface area contributed by atoms with Crippen LogP contribution in [-0.2, 0) is 11.2 Å². The molecular formula is C14H20N2O. The maximum atomic E-state index is 11.9. The second-order valence-electron chi connectivity index (χ2n) is 4.78. The zero-order chi connectivity index (χ0) is 12.1. The van der Waals surface area contributed by atoms with Gasteiger partial charge in [-0.2, -0.15) is 0 Å². The van der Waals surface area contributed by atoms with Crippen LogP contribution >= 0.6 is 0 Å². The second-order valence-corrected chi connectivity index (χ2v) is 4.78. The van der Waals surface area contributed by atoms with Gasteiger partial charge in [-0.3, -0.25) is 4.79 Å². The van der Waals surface area contributed by atoms with Crippen LogP contribution in [0.2, 0.25) is 0 Å². The summed E-state index contributed by atoms with van der Waals surface area (Å²) < 4.78 is 0. The SMILES string of the molecule is Cc1cccc(CC(=O)NC2CCCNC2)c1. The summed E-state index contributed by atoms with van der Waals surface area (Å²) in [7, 11) is 0. The molecule has 1 aliphatic heterocycles. The molecule has 1 heterocycles. The number of amides is 1. The van der Waals surface area contributed by atoms with Crippen LogP contribution in [0.15, 0.2) is 24.3 Å². The Hall–Kier alpha value is -1.35. The lowest BCUT2D eigenvalue weighted by Crippen LogP contribution is -2.46. The molecule has 1 aliphatic rings. The summed E-state index contributed by atoms with van der Waals surface area (Å²) >= 11 is 0. The monoisotopic (exact) mass is 232 g/mol. The average Bonchev–Trinajstić information content (AvgIpc) is 2.30. The summed E-state index contributed by atoms with van der Waals surface area (Å²) in [5.41, 5.74) is 2.29. The Bertz CT molecular complexity index is 384. The molecule has 0 radical (unpaired) electrons. The first-order valence-electron chi connectivity index (χ1n) is 6.29. The van der Waals surface area contributed by atoms with Crippen molar-refractivity contribution < 1.29 is 4.79 Å². The van der Waals surface area contributed by atoms with Crippen LogP contribution in [0.4, 0.5) is 0 Å². The second kappa shape index (κ2) is 5.82. The minimum absolute atomic E-state index is 0.129. The van der Waals surface area contributed by atoms with Crippen LogP contribution in [0.25, 0.3) is 0 Å². The van der Waals surface area contributed by atoms with E-state index < -0.39 is 0 Å². The Balaban J connectivity index is 1.84. The van der Waals surface area contributed by atoms with Crippen molar-refractivity contribution in [3.05, 3.63) is 35.4 Å². The van der Waals surface area contributed by atoms with Gasteiger partial charge in [-0.05, 0) is 31.9 Å². The third-order valence-corrected chi connectivity index (χ3v) is 3.11. The van der Waals surface area contributed by atoms with E-state index in [2.05, 4.69) is 16.7 Å². The maximum Gasteiger partial charge on any atom is 0.224 e. The Labute approximate surface area is 103 Å². The first-order valence-corrected chi connectivity index (χ1v) is 6.29. The number of hydrogen-bond acceptors (Lipinski definition) is 2. The molecule has 0 bridgehead atoms. The zero-order valence-corrected chi connectivity index (χ0v) is 10.3. The van der Waals surface area contributed by atoms with Gasteiger partial charge < -0.3 is 10.6 Å². The lowest BCUT2D eigenvalue weighted by Gasteiger charge is -2.23. The lowest BCUT2D eigenvalue weighted by atomic mass is 10.1. The molecule has 3 heteroatoms. The third-order valence-electron chi connectivity index (χ3n) is 3.11. The van der Waals surface area contributed by atoms with E-state index in [9.17, 15) is 4.79 Å². The van der Waals surface area contributed by atoms with Crippen molar-refractivity contribution in [3.63, 3.8) is 0 Å². The largest absolute Gasteiger partial charge is 0.352 e. The quantitative estimate of drug-likeness (QED) is 0.827. The van der Waals surface area contributed by atoms with E-state index in [1.165, 1.54) is 5.56 Å². The number of nitrogens with one attached hydrogen (secondary N) is 2. The summed E-state index contributed by atoms with van der Waals surface area (Å²) in [6.45, 7) is 4.02. The summed E-state index contributed by atoms with van der Waals surface area (Å²) in [6, 6.07) is 8.43. The van der Waals surface area contributed by atoms with Gasteiger partial charge in [0.1, 0.15) is 0 Å². The van der Waals surface area contributed by atoms with Gasteiger partial charge in [-0.25, -0.2) is 0 Å². The van der Waals surface area contributed by atoms with Gasteiger partial charge in [-0.1, -0.05) is 29.8 Å². The van der Waals surface area contributed by atoms with Gasteiger partial charge in [0.2, 0.25) is 5.91 Å². The Morgan fingerprint density at radius 3 is 3.12 bits per heavy atom. The molecule has 0 saturated carbocycles. The van der Waals surface area contributed by atoms with Crippen LogP contribution in [0.5, 0.6) is 0 Å². The molecular weight excluding hydrogens is 212 g/mol. The normalized spacial score (nSPS) is 19.9. The van der Waals surface area contributed by atoms with Crippen molar-refractivity contribution in [1.82, 2.24) is 10.6 Å². The van der Waals surface area contributed by atoms with Crippen LogP contribution in [-0.4, -0.2) is 25.0 Å². The zero-order valence-electron chi connectivity index (χ0n) is 10.3. The summed E-state index contributed by atoms with van der Waals surface area (Å²) in [4.78, 5) is 11.9. The third kappa shape index (κ3) is 3.86. The van der Waals surface area contributed by atoms with Gasteiger partial charge in [0, 0.05) is 12.6 Å². The molecule has 2 rings (SSSR count). The van der Waals surface area contributed by atoms with Crippen LogP contribution < -0.4 is 10.6 Å². The molecule has 0 aromatic heterocycles. The Morgan fingerprint density at radius 2 is 2.41 bits per heavy atom. The fraction of sp³-hybridized carbons (Fsp3) is 0.500. The highest BCUT2D eigenvalue weighted by atomic mass is 16.1. The van der Waals surface area contributed by atoms with E-state index in [1.54, 1.807) is 0 Å². The smallest absolute Gasteiger partial charge is 0.224 e. The van der Waals surface area contributed by atoms with Crippen molar-refractivity contribution >= 4 is 5.91 Å². The molecule has 92 valence electrons.